The molecule has 0 bridgehead atoms. The molecule has 1 aromatic carbocycles. The van der Waals surface area contributed by atoms with Gasteiger partial charge in [0.2, 0.25) is 0 Å². The van der Waals surface area contributed by atoms with Crippen molar-refractivity contribution in [2.24, 2.45) is 5.73 Å². The minimum atomic E-state index is 0.518. The molecule has 0 aromatic heterocycles. The molecule has 4 heteroatoms. The van der Waals surface area contributed by atoms with Crippen LogP contribution in [0.2, 0.25) is 0 Å². The van der Waals surface area contributed by atoms with E-state index in [0.29, 0.717) is 17.5 Å². The molecule has 1 unspecified atom stereocenters. The smallest absolute Gasteiger partial charge is 0.122 e. The predicted octanol–water partition coefficient (Wildman–Crippen LogP) is 2.16. The maximum atomic E-state index is 5.68. The van der Waals surface area contributed by atoms with Gasteiger partial charge in [0.15, 0.2) is 0 Å². The highest BCUT2D eigenvalue weighted by Gasteiger charge is 2.22. The summed E-state index contributed by atoms with van der Waals surface area (Å²) >= 11 is 5.00. The number of nitrogens with zero attached hydrogens (tertiary/aromatic N) is 1. The van der Waals surface area contributed by atoms with Gasteiger partial charge >= 0.3 is 0 Å². The van der Waals surface area contributed by atoms with Crippen LogP contribution in [0.4, 0.5) is 0 Å². The lowest BCUT2D eigenvalue weighted by Gasteiger charge is -2.30. The average Bonchev–Trinajstić information content (AvgIpc) is 2.38. The summed E-state index contributed by atoms with van der Waals surface area (Å²) in [4.78, 5) is 2.87. The number of fused-ring (bicyclic) bond motifs is 1. The van der Waals surface area contributed by atoms with Gasteiger partial charge in [-0.2, -0.15) is 0 Å². The zero-order valence-electron chi connectivity index (χ0n) is 10.8. The quantitative estimate of drug-likeness (QED) is 0.827. The van der Waals surface area contributed by atoms with Gasteiger partial charge in [-0.15, -0.1) is 0 Å². The Balaban J connectivity index is 2.08. The molecule has 0 radical (unpaired) electrons. The van der Waals surface area contributed by atoms with Crippen LogP contribution in [-0.2, 0) is 0 Å². The number of ether oxygens (including phenoxy) is 1. The Morgan fingerprint density at radius 1 is 1.50 bits per heavy atom. The fraction of sp³-hybridized carbons (Fsp3) is 0.500. The van der Waals surface area contributed by atoms with Gasteiger partial charge in [0, 0.05) is 19.0 Å². The maximum absolute atomic E-state index is 5.68. The van der Waals surface area contributed by atoms with Crippen LogP contribution in [0.5, 0.6) is 5.75 Å². The number of benzene rings is 1. The first-order chi connectivity index (χ1) is 8.70. The molecule has 0 saturated heterocycles. The first-order valence-corrected chi connectivity index (χ1v) is 6.84. The maximum Gasteiger partial charge on any atom is 0.122 e. The molecule has 98 valence electrons. The molecule has 1 aliphatic heterocycles. The number of nitrogens with two attached hydrogens (primary N) is 1. The molecule has 1 heterocycles. The number of thiocarbonyl (C=S) groups is 1. The van der Waals surface area contributed by atoms with Gasteiger partial charge in [-0.05, 0) is 24.6 Å². The van der Waals surface area contributed by atoms with Crippen molar-refractivity contribution in [2.45, 2.75) is 19.3 Å². The highest BCUT2D eigenvalue weighted by Crippen LogP contribution is 2.33. The fourth-order valence-electron chi connectivity index (χ4n) is 2.44. The van der Waals surface area contributed by atoms with Crippen molar-refractivity contribution in [3.63, 3.8) is 0 Å². The number of para-hydroxylation sites is 1. The zero-order valence-corrected chi connectivity index (χ0v) is 11.6. The molecule has 0 amide bonds. The highest BCUT2D eigenvalue weighted by atomic mass is 32.1. The molecular formula is C14H20N2OS. The summed E-state index contributed by atoms with van der Waals surface area (Å²) in [5.74, 6) is 1.55. The van der Waals surface area contributed by atoms with Crippen molar-refractivity contribution in [3.05, 3.63) is 29.8 Å². The SMILES string of the molecule is CCN(CC(N)=S)CC1CCOc2ccccc21. The van der Waals surface area contributed by atoms with Crippen molar-refractivity contribution in [3.8, 4) is 5.75 Å². The number of hydrogen-bond donors (Lipinski definition) is 1. The minimum Gasteiger partial charge on any atom is -0.493 e. The Bertz CT molecular complexity index is 422. The fourth-order valence-corrected chi connectivity index (χ4v) is 2.63. The highest BCUT2D eigenvalue weighted by molar-refractivity contribution is 7.80. The Kier molecular flexibility index (Phi) is 4.55. The van der Waals surface area contributed by atoms with E-state index < -0.39 is 0 Å². The van der Waals surface area contributed by atoms with Crippen LogP contribution < -0.4 is 10.5 Å². The van der Waals surface area contributed by atoms with Gasteiger partial charge in [0.05, 0.1) is 11.6 Å². The van der Waals surface area contributed by atoms with Crippen LogP contribution in [0, 0.1) is 0 Å². The van der Waals surface area contributed by atoms with Crippen LogP contribution in [0.25, 0.3) is 0 Å². The van der Waals surface area contributed by atoms with Gasteiger partial charge in [0.1, 0.15) is 5.75 Å². The van der Waals surface area contributed by atoms with Crippen LogP contribution in [0.1, 0.15) is 24.8 Å². The van der Waals surface area contributed by atoms with E-state index in [-0.39, 0.29) is 0 Å². The summed E-state index contributed by atoms with van der Waals surface area (Å²) in [5, 5.41) is 0. The molecule has 3 nitrogen and oxygen atoms in total. The molecular weight excluding hydrogens is 244 g/mol. The second-order valence-corrected chi connectivity index (χ2v) is 5.19. The Labute approximate surface area is 114 Å². The van der Waals surface area contributed by atoms with Gasteiger partial charge in [-0.25, -0.2) is 0 Å². The standard InChI is InChI=1S/C14H20N2OS/c1-2-16(10-14(15)18)9-11-7-8-17-13-6-4-3-5-12(11)13/h3-6,11H,2,7-10H2,1H3,(H2,15,18). The molecule has 18 heavy (non-hydrogen) atoms. The van der Waals surface area contributed by atoms with E-state index in [1.807, 2.05) is 12.1 Å². The summed E-state index contributed by atoms with van der Waals surface area (Å²) in [6.07, 6.45) is 1.06. The summed E-state index contributed by atoms with van der Waals surface area (Å²) in [6.45, 7) is 5.60. The van der Waals surface area contributed by atoms with Gasteiger partial charge in [0.25, 0.3) is 0 Å². The van der Waals surface area contributed by atoms with Crippen molar-refractivity contribution >= 4 is 17.2 Å². The van der Waals surface area contributed by atoms with E-state index in [2.05, 4.69) is 24.0 Å². The van der Waals surface area contributed by atoms with Gasteiger partial charge in [-0.1, -0.05) is 37.3 Å². The molecule has 0 spiro atoms. The molecule has 0 saturated carbocycles. The minimum absolute atomic E-state index is 0.518. The van der Waals surface area contributed by atoms with Crippen molar-refractivity contribution in [1.82, 2.24) is 4.90 Å². The van der Waals surface area contributed by atoms with E-state index in [4.69, 9.17) is 22.7 Å². The second kappa shape index (κ2) is 6.16. The number of rotatable bonds is 5. The molecule has 1 aliphatic rings. The van der Waals surface area contributed by atoms with E-state index in [1.54, 1.807) is 0 Å². The van der Waals surface area contributed by atoms with Crippen LogP contribution in [-0.4, -0.2) is 36.1 Å². The Morgan fingerprint density at radius 3 is 3.00 bits per heavy atom. The molecule has 2 N–H and O–H groups in total. The van der Waals surface area contributed by atoms with E-state index in [1.165, 1.54) is 5.56 Å². The van der Waals surface area contributed by atoms with Crippen molar-refractivity contribution in [2.75, 3.05) is 26.2 Å². The van der Waals surface area contributed by atoms with Gasteiger partial charge in [-0.3, -0.25) is 4.90 Å². The van der Waals surface area contributed by atoms with E-state index in [0.717, 1.165) is 31.9 Å². The molecule has 0 fully saturated rings. The second-order valence-electron chi connectivity index (χ2n) is 4.67. The topological polar surface area (TPSA) is 38.5 Å². The average molecular weight is 264 g/mol. The normalized spacial score (nSPS) is 18.2. The lowest BCUT2D eigenvalue weighted by Crippen LogP contribution is -2.36. The Morgan fingerprint density at radius 2 is 2.28 bits per heavy atom. The molecule has 0 aliphatic carbocycles. The van der Waals surface area contributed by atoms with Crippen molar-refractivity contribution < 1.29 is 4.74 Å². The first-order valence-electron chi connectivity index (χ1n) is 6.43. The summed E-state index contributed by atoms with van der Waals surface area (Å²) in [5.41, 5.74) is 6.94. The lowest BCUT2D eigenvalue weighted by atomic mass is 9.92. The Hall–Kier alpha value is -1.13. The lowest BCUT2D eigenvalue weighted by molar-refractivity contribution is 0.229. The number of likely N-dealkylation sites (N-methyl/N-ethyl adjacent to an activating group) is 1. The van der Waals surface area contributed by atoms with Crippen LogP contribution >= 0.6 is 12.2 Å². The monoisotopic (exact) mass is 264 g/mol. The molecule has 2 rings (SSSR count). The van der Waals surface area contributed by atoms with Gasteiger partial charge < -0.3 is 10.5 Å². The predicted molar refractivity (Wildman–Crippen MR) is 78.2 cm³/mol. The molecule has 1 aromatic rings. The van der Waals surface area contributed by atoms with Crippen molar-refractivity contribution in [1.29, 1.82) is 0 Å². The third kappa shape index (κ3) is 3.21. The van der Waals surface area contributed by atoms with E-state index in [9.17, 15) is 0 Å². The van der Waals surface area contributed by atoms with Crippen LogP contribution in [0.15, 0.2) is 24.3 Å². The largest absolute Gasteiger partial charge is 0.493 e. The van der Waals surface area contributed by atoms with E-state index >= 15 is 0 Å². The third-order valence-electron chi connectivity index (χ3n) is 3.39. The number of hydrogen-bond acceptors (Lipinski definition) is 3. The third-order valence-corrected chi connectivity index (χ3v) is 3.52. The summed E-state index contributed by atoms with van der Waals surface area (Å²) < 4.78 is 5.68. The van der Waals surface area contributed by atoms with Crippen LogP contribution in [0.3, 0.4) is 0 Å². The zero-order chi connectivity index (χ0) is 13.0. The first kappa shape index (κ1) is 13.3. The summed E-state index contributed by atoms with van der Waals surface area (Å²) in [7, 11) is 0. The summed E-state index contributed by atoms with van der Waals surface area (Å²) in [6, 6.07) is 8.30. The molecule has 1 atom stereocenters.